The molecule has 0 radical (unpaired) electrons. The Labute approximate surface area is 191 Å². The van der Waals surface area contributed by atoms with Crippen LogP contribution in [0, 0.1) is 0 Å². The van der Waals surface area contributed by atoms with Gasteiger partial charge in [-0.05, 0) is 24.3 Å². The normalized spacial score (nSPS) is 17.1. The maximum absolute atomic E-state index is 12.9. The second-order valence-electron chi connectivity index (χ2n) is 7.50. The smallest absolute Gasteiger partial charge is 0.303 e. The SMILES string of the molecule is C=CCN1C(=O)[C@@H](CC(=O)NCCCCCC(=O)O)SC1=Nc1cccc2ccccc12. The van der Waals surface area contributed by atoms with Crippen molar-refractivity contribution < 1.29 is 19.5 Å². The summed E-state index contributed by atoms with van der Waals surface area (Å²) in [7, 11) is 0. The van der Waals surface area contributed by atoms with E-state index in [9.17, 15) is 14.4 Å². The molecule has 1 aliphatic rings. The lowest BCUT2D eigenvalue weighted by molar-refractivity contribution is -0.137. The van der Waals surface area contributed by atoms with E-state index in [4.69, 9.17) is 10.1 Å². The molecule has 2 aromatic rings. The molecule has 0 unspecified atom stereocenters. The van der Waals surface area contributed by atoms with Crippen molar-refractivity contribution in [2.24, 2.45) is 4.99 Å². The summed E-state index contributed by atoms with van der Waals surface area (Å²) < 4.78 is 0. The van der Waals surface area contributed by atoms with Crippen LogP contribution in [0.5, 0.6) is 0 Å². The minimum absolute atomic E-state index is 0.0703. The predicted octanol–water partition coefficient (Wildman–Crippen LogP) is 4.11. The molecule has 0 aromatic heterocycles. The van der Waals surface area contributed by atoms with Crippen molar-refractivity contribution in [2.75, 3.05) is 13.1 Å². The van der Waals surface area contributed by atoms with Crippen LogP contribution in [0.1, 0.15) is 32.1 Å². The Balaban J connectivity index is 1.63. The Morgan fingerprint density at radius 3 is 2.72 bits per heavy atom. The van der Waals surface area contributed by atoms with Crippen molar-refractivity contribution in [3.8, 4) is 0 Å². The highest BCUT2D eigenvalue weighted by Gasteiger charge is 2.38. The lowest BCUT2D eigenvalue weighted by atomic mass is 10.1. The topological polar surface area (TPSA) is 99.1 Å². The number of carbonyl (C=O) groups is 3. The number of rotatable bonds is 11. The number of benzene rings is 2. The molecule has 0 saturated carbocycles. The van der Waals surface area contributed by atoms with Gasteiger partial charge in [-0.1, -0.05) is 60.7 Å². The Morgan fingerprint density at radius 2 is 1.94 bits per heavy atom. The highest BCUT2D eigenvalue weighted by molar-refractivity contribution is 8.15. The van der Waals surface area contributed by atoms with E-state index in [1.807, 2.05) is 42.5 Å². The van der Waals surface area contributed by atoms with E-state index < -0.39 is 11.2 Å². The molecule has 1 fully saturated rings. The van der Waals surface area contributed by atoms with E-state index in [2.05, 4.69) is 11.9 Å². The molecule has 2 amide bonds. The van der Waals surface area contributed by atoms with Gasteiger partial charge in [-0.15, -0.1) is 6.58 Å². The molecule has 1 saturated heterocycles. The zero-order chi connectivity index (χ0) is 22.9. The van der Waals surface area contributed by atoms with Gasteiger partial charge in [0.25, 0.3) is 0 Å². The minimum atomic E-state index is -0.809. The summed E-state index contributed by atoms with van der Waals surface area (Å²) in [5, 5.41) is 13.6. The first-order valence-electron chi connectivity index (χ1n) is 10.6. The quantitative estimate of drug-likeness (QED) is 0.394. The van der Waals surface area contributed by atoms with Gasteiger partial charge in [0.05, 0.1) is 5.69 Å². The van der Waals surface area contributed by atoms with Crippen molar-refractivity contribution in [3.05, 3.63) is 55.1 Å². The van der Waals surface area contributed by atoms with Crippen LogP contribution in [-0.4, -0.2) is 51.3 Å². The summed E-state index contributed by atoms with van der Waals surface area (Å²) in [6.45, 7) is 4.54. The molecule has 1 aliphatic heterocycles. The van der Waals surface area contributed by atoms with Crippen LogP contribution < -0.4 is 5.32 Å². The largest absolute Gasteiger partial charge is 0.481 e. The van der Waals surface area contributed by atoms with Gasteiger partial charge in [0.15, 0.2) is 5.17 Å². The second-order valence-corrected chi connectivity index (χ2v) is 8.67. The number of amides is 2. The molecular weight excluding hydrogens is 426 g/mol. The number of fused-ring (bicyclic) bond motifs is 1. The molecule has 2 N–H and O–H groups in total. The van der Waals surface area contributed by atoms with Crippen LogP contribution in [0.15, 0.2) is 60.1 Å². The molecule has 7 nitrogen and oxygen atoms in total. The number of unbranched alkanes of at least 4 members (excludes halogenated alkanes) is 2. The summed E-state index contributed by atoms with van der Waals surface area (Å²) in [5.74, 6) is -1.15. The average molecular weight is 454 g/mol. The molecule has 8 heteroatoms. The first-order valence-corrected chi connectivity index (χ1v) is 11.5. The maximum Gasteiger partial charge on any atom is 0.303 e. The van der Waals surface area contributed by atoms with Crippen molar-refractivity contribution in [3.63, 3.8) is 0 Å². The standard InChI is InChI=1S/C24H27N3O4S/c1-2-15-27-23(31)20(16-21(28)25-14-7-3-4-13-22(29)30)32-24(27)26-19-12-8-10-17-9-5-6-11-18(17)19/h2,5-6,8-12,20H,1,3-4,7,13-16H2,(H,25,28)(H,29,30)/t20-/m1/s1. The summed E-state index contributed by atoms with van der Waals surface area (Å²) >= 11 is 1.30. The second kappa shape index (κ2) is 11.5. The zero-order valence-electron chi connectivity index (χ0n) is 17.8. The molecule has 168 valence electrons. The first-order chi connectivity index (χ1) is 15.5. The number of nitrogens with one attached hydrogen (secondary N) is 1. The Kier molecular flexibility index (Phi) is 8.44. The van der Waals surface area contributed by atoms with Crippen molar-refractivity contribution >= 4 is 51.2 Å². The molecule has 32 heavy (non-hydrogen) atoms. The van der Waals surface area contributed by atoms with Gasteiger partial charge in [-0.3, -0.25) is 19.3 Å². The van der Waals surface area contributed by atoms with Gasteiger partial charge >= 0.3 is 5.97 Å². The Morgan fingerprint density at radius 1 is 1.16 bits per heavy atom. The third-order valence-corrected chi connectivity index (χ3v) is 6.25. The summed E-state index contributed by atoms with van der Waals surface area (Å²) in [6.07, 6.45) is 3.89. The van der Waals surface area contributed by atoms with E-state index in [0.29, 0.717) is 31.1 Å². The summed E-state index contributed by atoms with van der Waals surface area (Å²) in [5.41, 5.74) is 0.777. The van der Waals surface area contributed by atoms with Gasteiger partial charge in [0.2, 0.25) is 11.8 Å². The molecule has 3 rings (SSSR count). The molecular formula is C24H27N3O4S. The number of aliphatic carboxylic acids is 1. The number of hydrogen-bond acceptors (Lipinski definition) is 5. The van der Waals surface area contributed by atoms with Gasteiger partial charge in [-0.2, -0.15) is 0 Å². The van der Waals surface area contributed by atoms with Gasteiger partial charge in [0, 0.05) is 31.3 Å². The maximum atomic E-state index is 12.9. The lowest BCUT2D eigenvalue weighted by Gasteiger charge is -2.14. The van der Waals surface area contributed by atoms with Crippen LogP contribution >= 0.6 is 11.8 Å². The number of carboxylic acid groups (broad SMARTS) is 1. The third kappa shape index (κ3) is 6.20. The van der Waals surface area contributed by atoms with E-state index in [-0.39, 0.29) is 24.7 Å². The fourth-order valence-corrected chi connectivity index (χ4v) is 4.64. The van der Waals surface area contributed by atoms with Crippen LogP contribution in [0.25, 0.3) is 10.8 Å². The number of aliphatic imine (C=N–C) groups is 1. The fraction of sp³-hybridized carbons (Fsp3) is 0.333. The van der Waals surface area contributed by atoms with E-state index >= 15 is 0 Å². The molecule has 0 aliphatic carbocycles. The molecule has 2 aromatic carbocycles. The van der Waals surface area contributed by atoms with E-state index in [1.165, 1.54) is 11.8 Å². The third-order valence-electron chi connectivity index (χ3n) is 5.07. The van der Waals surface area contributed by atoms with E-state index in [1.54, 1.807) is 11.0 Å². The van der Waals surface area contributed by atoms with Crippen LogP contribution in [-0.2, 0) is 14.4 Å². The number of carboxylic acids is 1. The van der Waals surface area contributed by atoms with Crippen LogP contribution in [0.3, 0.4) is 0 Å². The fourth-order valence-electron chi connectivity index (χ4n) is 3.48. The number of hydrogen-bond donors (Lipinski definition) is 2. The highest BCUT2D eigenvalue weighted by Crippen LogP contribution is 2.33. The number of thioether (sulfide) groups is 1. The number of amidine groups is 1. The average Bonchev–Trinajstić information content (AvgIpc) is 3.05. The van der Waals surface area contributed by atoms with Gasteiger partial charge in [-0.25, -0.2) is 4.99 Å². The van der Waals surface area contributed by atoms with Gasteiger partial charge < -0.3 is 10.4 Å². The number of carbonyl (C=O) groups excluding carboxylic acids is 2. The summed E-state index contributed by atoms with van der Waals surface area (Å²) in [4.78, 5) is 42.1. The monoisotopic (exact) mass is 453 g/mol. The molecule has 1 heterocycles. The zero-order valence-corrected chi connectivity index (χ0v) is 18.6. The van der Waals surface area contributed by atoms with Crippen molar-refractivity contribution in [1.82, 2.24) is 10.2 Å². The lowest BCUT2D eigenvalue weighted by Crippen LogP contribution is -2.35. The predicted molar refractivity (Wildman–Crippen MR) is 128 cm³/mol. The molecule has 0 bridgehead atoms. The Bertz CT molecular complexity index is 1030. The molecule has 0 spiro atoms. The van der Waals surface area contributed by atoms with Gasteiger partial charge in [0.1, 0.15) is 5.25 Å². The molecule has 1 atom stereocenters. The number of nitrogens with zero attached hydrogens (tertiary/aromatic N) is 2. The van der Waals surface area contributed by atoms with Crippen LogP contribution in [0.2, 0.25) is 0 Å². The van der Waals surface area contributed by atoms with E-state index in [0.717, 1.165) is 22.9 Å². The first kappa shape index (κ1) is 23.5. The van der Waals surface area contributed by atoms with Crippen molar-refractivity contribution in [1.29, 1.82) is 0 Å². The minimum Gasteiger partial charge on any atom is -0.481 e. The summed E-state index contributed by atoms with van der Waals surface area (Å²) in [6, 6.07) is 13.8. The highest BCUT2D eigenvalue weighted by atomic mass is 32.2. The van der Waals surface area contributed by atoms with Crippen LogP contribution in [0.4, 0.5) is 5.69 Å². The van der Waals surface area contributed by atoms with Crippen molar-refractivity contribution in [2.45, 2.75) is 37.4 Å². The Hall–Kier alpha value is -3.13.